The minimum atomic E-state index is -0.156. The molecule has 1 N–H and O–H groups in total. The molecule has 0 heterocycles. The lowest BCUT2D eigenvalue weighted by molar-refractivity contribution is 0.0854. The fourth-order valence-corrected chi connectivity index (χ4v) is 2.69. The normalized spacial score (nSPS) is 17.3. The van der Waals surface area contributed by atoms with E-state index in [1.807, 2.05) is 30.5 Å². The van der Waals surface area contributed by atoms with Crippen LogP contribution in [0.4, 0.5) is 0 Å². The summed E-state index contributed by atoms with van der Waals surface area (Å²) >= 11 is 7.59. The maximum absolute atomic E-state index is 12.0. The van der Waals surface area contributed by atoms with E-state index in [4.69, 9.17) is 11.6 Å². The first-order valence-corrected chi connectivity index (χ1v) is 7.48. The molecule has 1 aromatic rings. The fourth-order valence-electron chi connectivity index (χ4n) is 1.95. The third-order valence-corrected chi connectivity index (χ3v) is 4.55. The van der Waals surface area contributed by atoms with Crippen molar-refractivity contribution in [2.75, 3.05) is 12.1 Å². The Kier molecular flexibility index (Phi) is 4.00. The molecule has 92 valence electrons. The van der Waals surface area contributed by atoms with Gasteiger partial charge in [0.1, 0.15) is 0 Å². The van der Waals surface area contributed by atoms with Crippen molar-refractivity contribution < 1.29 is 4.79 Å². The standard InChI is InChI=1S/C13H16ClNOS/c1-17-11-5-3-10(4-6-11)12(16)15-13(9-14)7-2-8-13/h3-6H,2,7-9H2,1H3,(H,15,16). The van der Waals surface area contributed by atoms with E-state index < -0.39 is 0 Å². The van der Waals surface area contributed by atoms with Crippen LogP contribution in [0.15, 0.2) is 29.2 Å². The number of rotatable bonds is 4. The molecule has 1 aromatic carbocycles. The molecule has 0 radical (unpaired) electrons. The van der Waals surface area contributed by atoms with E-state index in [1.54, 1.807) is 11.8 Å². The molecule has 0 atom stereocenters. The molecule has 1 saturated carbocycles. The van der Waals surface area contributed by atoms with E-state index in [0.29, 0.717) is 11.4 Å². The molecule has 0 spiro atoms. The highest BCUT2D eigenvalue weighted by atomic mass is 35.5. The molecule has 0 aromatic heterocycles. The predicted molar refractivity (Wildman–Crippen MR) is 73.0 cm³/mol. The molecule has 4 heteroatoms. The summed E-state index contributed by atoms with van der Waals surface area (Å²) in [6.07, 6.45) is 5.15. The molecule has 1 aliphatic carbocycles. The average Bonchev–Trinajstić information content (AvgIpc) is 2.33. The summed E-state index contributed by atoms with van der Waals surface area (Å²) in [5.74, 6) is 0.486. The Balaban J connectivity index is 2.03. The van der Waals surface area contributed by atoms with Crippen molar-refractivity contribution in [1.82, 2.24) is 5.32 Å². The van der Waals surface area contributed by atoms with E-state index in [9.17, 15) is 4.79 Å². The topological polar surface area (TPSA) is 29.1 Å². The monoisotopic (exact) mass is 269 g/mol. The van der Waals surface area contributed by atoms with Crippen molar-refractivity contribution in [1.29, 1.82) is 0 Å². The van der Waals surface area contributed by atoms with Gasteiger partial charge in [-0.15, -0.1) is 23.4 Å². The summed E-state index contributed by atoms with van der Waals surface area (Å²) in [5, 5.41) is 3.06. The molecule has 0 aliphatic heterocycles. The molecule has 1 amide bonds. The number of hydrogen-bond donors (Lipinski definition) is 1. The van der Waals surface area contributed by atoms with Crippen LogP contribution in [0.25, 0.3) is 0 Å². The Morgan fingerprint density at radius 1 is 1.41 bits per heavy atom. The molecular weight excluding hydrogens is 254 g/mol. The summed E-state index contributed by atoms with van der Waals surface area (Å²) in [5.41, 5.74) is 0.552. The molecule has 0 unspecified atom stereocenters. The van der Waals surface area contributed by atoms with Crippen LogP contribution in [0.2, 0.25) is 0 Å². The number of hydrogen-bond acceptors (Lipinski definition) is 2. The second-order valence-electron chi connectivity index (χ2n) is 4.45. The van der Waals surface area contributed by atoms with Crippen LogP contribution in [-0.2, 0) is 0 Å². The van der Waals surface area contributed by atoms with Gasteiger partial charge in [0.2, 0.25) is 0 Å². The second-order valence-corrected chi connectivity index (χ2v) is 5.60. The number of carbonyl (C=O) groups is 1. The number of alkyl halides is 1. The van der Waals surface area contributed by atoms with E-state index in [0.717, 1.165) is 24.2 Å². The maximum atomic E-state index is 12.0. The number of nitrogens with one attached hydrogen (secondary N) is 1. The lowest BCUT2D eigenvalue weighted by atomic mass is 9.78. The Hall–Kier alpha value is -0.670. The summed E-state index contributed by atoms with van der Waals surface area (Å²) in [4.78, 5) is 13.2. The summed E-state index contributed by atoms with van der Waals surface area (Å²) in [6.45, 7) is 0. The molecule has 17 heavy (non-hydrogen) atoms. The highest BCUT2D eigenvalue weighted by Gasteiger charge is 2.37. The minimum absolute atomic E-state index is 0.0157. The second kappa shape index (κ2) is 5.32. The molecule has 0 bridgehead atoms. The zero-order valence-electron chi connectivity index (χ0n) is 9.83. The predicted octanol–water partition coefficient (Wildman–Crippen LogP) is 3.30. The first-order chi connectivity index (χ1) is 8.19. The zero-order chi connectivity index (χ0) is 12.3. The van der Waals surface area contributed by atoms with Crippen LogP contribution in [0.5, 0.6) is 0 Å². The Morgan fingerprint density at radius 2 is 2.06 bits per heavy atom. The number of carbonyl (C=O) groups excluding carboxylic acids is 1. The SMILES string of the molecule is CSc1ccc(C(=O)NC2(CCl)CCC2)cc1. The quantitative estimate of drug-likeness (QED) is 0.671. The maximum Gasteiger partial charge on any atom is 0.251 e. The largest absolute Gasteiger partial charge is 0.345 e. The van der Waals surface area contributed by atoms with Gasteiger partial charge in [0.25, 0.3) is 5.91 Å². The first-order valence-electron chi connectivity index (χ1n) is 5.72. The third kappa shape index (κ3) is 2.78. The molecule has 2 nitrogen and oxygen atoms in total. The van der Waals surface area contributed by atoms with Gasteiger partial charge in [-0.2, -0.15) is 0 Å². The third-order valence-electron chi connectivity index (χ3n) is 3.30. The van der Waals surface area contributed by atoms with E-state index >= 15 is 0 Å². The lowest BCUT2D eigenvalue weighted by Gasteiger charge is -2.41. The Bertz CT molecular complexity index is 395. The fraction of sp³-hybridized carbons (Fsp3) is 0.462. The van der Waals surface area contributed by atoms with E-state index in [2.05, 4.69) is 5.32 Å². The van der Waals surface area contributed by atoms with Crippen molar-refractivity contribution in [3.63, 3.8) is 0 Å². The molecule has 2 rings (SSSR count). The van der Waals surface area contributed by atoms with E-state index in [-0.39, 0.29) is 11.4 Å². The summed E-state index contributed by atoms with van der Waals surface area (Å²) < 4.78 is 0. The van der Waals surface area contributed by atoms with Gasteiger partial charge in [-0.25, -0.2) is 0 Å². The van der Waals surface area contributed by atoms with Gasteiger partial charge >= 0.3 is 0 Å². The van der Waals surface area contributed by atoms with Gasteiger partial charge in [0.15, 0.2) is 0 Å². The van der Waals surface area contributed by atoms with Crippen molar-refractivity contribution in [3.05, 3.63) is 29.8 Å². The number of halogens is 1. The first kappa shape index (κ1) is 12.8. The van der Waals surface area contributed by atoms with Crippen molar-refractivity contribution in [3.8, 4) is 0 Å². The van der Waals surface area contributed by atoms with Gasteiger partial charge in [-0.1, -0.05) is 0 Å². The average molecular weight is 270 g/mol. The summed E-state index contributed by atoms with van der Waals surface area (Å²) in [7, 11) is 0. The number of amides is 1. The van der Waals surface area contributed by atoms with E-state index in [1.165, 1.54) is 0 Å². The minimum Gasteiger partial charge on any atom is -0.345 e. The lowest BCUT2D eigenvalue weighted by Crippen LogP contribution is -2.55. The highest BCUT2D eigenvalue weighted by Crippen LogP contribution is 2.33. The van der Waals surface area contributed by atoms with Crippen molar-refractivity contribution >= 4 is 29.3 Å². The molecule has 1 fully saturated rings. The smallest absolute Gasteiger partial charge is 0.251 e. The van der Waals surface area contributed by atoms with Crippen LogP contribution in [0.3, 0.4) is 0 Å². The van der Waals surface area contributed by atoms with Crippen LogP contribution in [-0.4, -0.2) is 23.6 Å². The Labute approximate surface area is 111 Å². The number of benzene rings is 1. The van der Waals surface area contributed by atoms with Crippen LogP contribution >= 0.6 is 23.4 Å². The van der Waals surface area contributed by atoms with Crippen molar-refractivity contribution in [2.45, 2.75) is 29.7 Å². The van der Waals surface area contributed by atoms with Crippen LogP contribution in [0, 0.1) is 0 Å². The Morgan fingerprint density at radius 3 is 2.47 bits per heavy atom. The van der Waals surface area contributed by atoms with Crippen LogP contribution < -0.4 is 5.32 Å². The number of thioether (sulfide) groups is 1. The molecule has 1 aliphatic rings. The van der Waals surface area contributed by atoms with Gasteiger partial charge in [-0.3, -0.25) is 4.79 Å². The van der Waals surface area contributed by atoms with Gasteiger partial charge < -0.3 is 5.32 Å². The zero-order valence-corrected chi connectivity index (χ0v) is 11.4. The molecular formula is C13H16ClNOS. The van der Waals surface area contributed by atoms with Gasteiger partial charge in [-0.05, 0) is 49.8 Å². The van der Waals surface area contributed by atoms with Crippen molar-refractivity contribution in [2.24, 2.45) is 0 Å². The van der Waals surface area contributed by atoms with Crippen LogP contribution in [0.1, 0.15) is 29.6 Å². The highest BCUT2D eigenvalue weighted by molar-refractivity contribution is 7.98. The molecule has 0 saturated heterocycles. The van der Waals surface area contributed by atoms with Gasteiger partial charge in [0, 0.05) is 16.3 Å². The van der Waals surface area contributed by atoms with Gasteiger partial charge in [0.05, 0.1) is 5.54 Å². The summed E-state index contributed by atoms with van der Waals surface area (Å²) in [6, 6.07) is 7.66.